The fraction of sp³-hybridized carbons (Fsp3) is 0.500. The molecule has 0 heterocycles. The van der Waals surface area contributed by atoms with Crippen LogP contribution >= 0.6 is 11.6 Å². The number of nitrogens with one attached hydrogen (secondary N) is 1. The van der Waals surface area contributed by atoms with E-state index in [1.54, 1.807) is 6.92 Å². The standard InChI is InChI=1S/C14H20ClNO3/c1-3-19-14(18)8-13(17)9-16-10(2)11-5-4-6-12(15)7-11/h4-7,10,13,16-17H,3,8-9H2,1-2H3/t10-,13?/m1/s1. The first-order valence-electron chi connectivity index (χ1n) is 6.35. The Morgan fingerprint density at radius 1 is 1.53 bits per heavy atom. The second kappa shape index (κ2) is 8.15. The van der Waals surface area contributed by atoms with Gasteiger partial charge < -0.3 is 15.2 Å². The van der Waals surface area contributed by atoms with Gasteiger partial charge in [0.15, 0.2) is 0 Å². The molecule has 2 N–H and O–H groups in total. The highest BCUT2D eigenvalue weighted by atomic mass is 35.5. The quantitative estimate of drug-likeness (QED) is 0.755. The van der Waals surface area contributed by atoms with Crippen molar-refractivity contribution in [1.29, 1.82) is 0 Å². The van der Waals surface area contributed by atoms with Crippen LogP contribution in [0.4, 0.5) is 0 Å². The lowest BCUT2D eigenvalue weighted by molar-refractivity contribution is -0.145. The van der Waals surface area contributed by atoms with Crippen molar-refractivity contribution in [3.05, 3.63) is 34.9 Å². The van der Waals surface area contributed by atoms with Gasteiger partial charge in [-0.15, -0.1) is 0 Å². The third kappa shape index (κ3) is 6.05. The number of aliphatic hydroxyl groups excluding tert-OH is 1. The molecule has 0 radical (unpaired) electrons. The molecule has 0 aliphatic carbocycles. The molecular weight excluding hydrogens is 266 g/mol. The van der Waals surface area contributed by atoms with Crippen molar-refractivity contribution in [3.63, 3.8) is 0 Å². The summed E-state index contributed by atoms with van der Waals surface area (Å²) in [5.41, 5.74) is 1.04. The summed E-state index contributed by atoms with van der Waals surface area (Å²) in [6, 6.07) is 7.58. The molecule has 0 aliphatic heterocycles. The van der Waals surface area contributed by atoms with Crippen LogP contribution in [0.5, 0.6) is 0 Å². The van der Waals surface area contributed by atoms with Gasteiger partial charge in [0.2, 0.25) is 0 Å². The van der Waals surface area contributed by atoms with Gasteiger partial charge in [-0.05, 0) is 31.5 Å². The lowest BCUT2D eigenvalue weighted by Crippen LogP contribution is -2.31. The van der Waals surface area contributed by atoms with Gasteiger partial charge in [0.25, 0.3) is 0 Å². The number of hydrogen-bond acceptors (Lipinski definition) is 4. The largest absolute Gasteiger partial charge is 0.466 e. The Kier molecular flexibility index (Phi) is 6.84. The van der Waals surface area contributed by atoms with Gasteiger partial charge in [0.05, 0.1) is 19.1 Å². The Morgan fingerprint density at radius 2 is 2.26 bits per heavy atom. The van der Waals surface area contributed by atoms with E-state index >= 15 is 0 Å². The van der Waals surface area contributed by atoms with Gasteiger partial charge in [0.1, 0.15) is 0 Å². The number of rotatable bonds is 7. The van der Waals surface area contributed by atoms with E-state index in [-0.39, 0.29) is 18.4 Å². The van der Waals surface area contributed by atoms with Gasteiger partial charge in [-0.3, -0.25) is 4.79 Å². The molecule has 1 aromatic carbocycles. The van der Waals surface area contributed by atoms with Crippen LogP contribution in [-0.4, -0.2) is 30.3 Å². The molecule has 5 heteroatoms. The molecule has 0 amide bonds. The number of ether oxygens (including phenoxy) is 1. The lowest BCUT2D eigenvalue weighted by atomic mass is 10.1. The first-order chi connectivity index (χ1) is 9.02. The van der Waals surface area contributed by atoms with Gasteiger partial charge in [-0.1, -0.05) is 23.7 Å². The van der Waals surface area contributed by atoms with E-state index in [2.05, 4.69) is 5.32 Å². The minimum atomic E-state index is -0.749. The third-order valence-corrected chi connectivity index (χ3v) is 2.95. The van der Waals surface area contributed by atoms with Crippen molar-refractivity contribution in [1.82, 2.24) is 5.32 Å². The fourth-order valence-corrected chi connectivity index (χ4v) is 1.89. The molecule has 0 spiro atoms. The number of benzene rings is 1. The van der Waals surface area contributed by atoms with Crippen LogP contribution in [0.2, 0.25) is 5.02 Å². The van der Waals surface area contributed by atoms with Crippen molar-refractivity contribution in [2.45, 2.75) is 32.4 Å². The van der Waals surface area contributed by atoms with Crippen molar-refractivity contribution < 1.29 is 14.6 Å². The summed E-state index contributed by atoms with van der Waals surface area (Å²) >= 11 is 5.92. The number of aliphatic hydroxyl groups is 1. The Hall–Kier alpha value is -1.10. The van der Waals surface area contributed by atoms with Crippen molar-refractivity contribution in [3.8, 4) is 0 Å². The molecule has 0 aromatic heterocycles. The molecule has 0 aliphatic rings. The van der Waals surface area contributed by atoms with E-state index in [1.165, 1.54) is 0 Å². The zero-order chi connectivity index (χ0) is 14.3. The van der Waals surface area contributed by atoms with E-state index < -0.39 is 6.10 Å². The molecular formula is C14H20ClNO3. The molecule has 0 fully saturated rings. The van der Waals surface area contributed by atoms with Gasteiger partial charge >= 0.3 is 5.97 Å². The SMILES string of the molecule is CCOC(=O)CC(O)CN[C@H](C)c1cccc(Cl)c1. The summed E-state index contributed by atoms with van der Waals surface area (Å²) in [4.78, 5) is 11.2. The number of esters is 1. The first-order valence-corrected chi connectivity index (χ1v) is 6.73. The minimum absolute atomic E-state index is 0.00308. The predicted octanol–water partition coefficient (Wildman–Crippen LogP) is 2.30. The highest BCUT2D eigenvalue weighted by molar-refractivity contribution is 6.30. The van der Waals surface area contributed by atoms with Crippen LogP contribution in [-0.2, 0) is 9.53 Å². The third-order valence-electron chi connectivity index (χ3n) is 2.72. The Labute approximate surface area is 118 Å². The highest BCUT2D eigenvalue weighted by Gasteiger charge is 2.13. The van der Waals surface area contributed by atoms with Gasteiger partial charge in [-0.25, -0.2) is 0 Å². The van der Waals surface area contributed by atoms with Crippen molar-refractivity contribution in [2.24, 2.45) is 0 Å². The Bertz CT molecular complexity index is 411. The van der Waals surface area contributed by atoms with E-state index in [0.29, 0.717) is 18.2 Å². The molecule has 2 atom stereocenters. The van der Waals surface area contributed by atoms with Gasteiger partial charge in [-0.2, -0.15) is 0 Å². The molecule has 0 bridgehead atoms. The Balaban J connectivity index is 2.37. The summed E-state index contributed by atoms with van der Waals surface area (Å²) < 4.78 is 4.78. The summed E-state index contributed by atoms with van der Waals surface area (Å²) in [5.74, 6) is -0.382. The highest BCUT2D eigenvalue weighted by Crippen LogP contribution is 2.17. The fourth-order valence-electron chi connectivity index (χ4n) is 1.69. The van der Waals surface area contributed by atoms with Crippen molar-refractivity contribution in [2.75, 3.05) is 13.2 Å². The van der Waals surface area contributed by atoms with Crippen LogP contribution in [0.15, 0.2) is 24.3 Å². The average molecular weight is 286 g/mol. The zero-order valence-electron chi connectivity index (χ0n) is 11.2. The van der Waals surface area contributed by atoms with Crippen LogP contribution in [0.1, 0.15) is 31.9 Å². The maximum Gasteiger partial charge on any atom is 0.308 e. The second-order valence-electron chi connectivity index (χ2n) is 4.35. The number of halogens is 1. The van der Waals surface area contributed by atoms with Crippen LogP contribution in [0.3, 0.4) is 0 Å². The smallest absolute Gasteiger partial charge is 0.308 e. The Morgan fingerprint density at radius 3 is 2.89 bits per heavy atom. The van der Waals surface area contributed by atoms with Crippen LogP contribution < -0.4 is 5.32 Å². The molecule has 1 aromatic rings. The number of carbonyl (C=O) groups excluding carboxylic acids is 1. The number of hydrogen-bond donors (Lipinski definition) is 2. The maximum absolute atomic E-state index is 11.2. The number of carbonyl (C=O) groups is 1. The molecule has 1 unspecified atom stereocenters. The van der Waals surface area contributed by atoms with E-state index in [4.69, 9.17) is 16.3 Å². The summed E-state index contributed by atoms with van der Waals surface area (Å²) in [7, 11) is 0. The average Bonchev–Trinajstić information content (AvgIpc) is 2.36. The topological polar surface area (TPSA) is 58.6 Å². The van der Waals surface area contributed by atoms with E-state index in [0.717, 1.165) is 5.56 Å². The predicted molar refractivity (Wildman–Crippen MR) is 75.1 cm³/mol. The lowest BCUT2D eigenvalue weighted by Gasteiger charge is -2.17. The van der Waals surface area contributed by atoms with Gasteiger partial charge in [0, 0.05) is 17.6 Å². The molecule has 19 heavy (non-hydrogen) atoms. The van der Waals surface area contributed by atoms with Crippen molar-refractivity contribution >= 4 is 17.6 Å². The molecule has 0 saturated heterocycles. The molecule has 0 saturated carbocycles. The molecule has 106 valence electrons. The first kappa shape index (κ1) is 16.0. The second-order valence-corrected chi connectivity index (χ2v) is 4.78. The van der Waals surface area contributed by atoms with E-state index in [1.807, 2.05) is 31.2 Å². The van der Waals surface area contributed by atoms with Crippen LogP contribution in [0.25, 0.3) is 0 Å². The zero-order valence-corrected chi connectivity index (χ0v) is 12.0. The van der Waals surface area contributed by atoms with E-state index in [9.17, 15) is 9.90 Å². The molecule has 1 rings (SSSR count). The molecule has 4 nitrogen and oxygen atoms in total. The summed E-state index contributed by atoms with van der Waals surface area (Å²) in [5, 5.41) is 13.5. The summed E-state index contributed by atoms with van der Waals surface area (Å²) in [6.45, 7) is 4.37. The monoisotopic (exact) mass is 285 g/mol. The maximum atomic E-state index is 11.2. The summed E-state index contributed by atoms with van der Waals surface area (Å²) in [6.07, 6.45) is -0.746. The normalized spacial score (nSPS) is 13.9. The minimum Gasteiger partial charge on any atom is -0.466 e. The van der Waals surface area contributed by atoms with Crippen LogP contribution in [0, 0.1) is 0 Å².